The molecule has 0 aliphatic heterocycles. The molecule has 0 unspecified atom stereocenters. The summed E-state index contributed by atoms with van der Waals surface area (Å²) in [6.45, 7) is 3.95. The van der Waals surface area contributed by atoms with Crippen molar-refractivity contribution < 1.29 is 9.53 Å². The maximum absolute atomic E-state index is 11.9. The van der Waals surface area contributed by atoms with Gasteiger partial charge in [-0.2, -0.15) is 9.36 Å². The van der Waals surface area contributed by atoms with Gasteiger partial charge in [0.2, 0.25) is 5.13 Å². The summed E-state index contributed by atoms with van der Waals surface area (Å²) in [5.41, 5.74) is 1.09. The van der Waals surface area contributed by atoms with Gasteiger partial charge in [0.1, 0.15) is 5.75 Å². The molecule has 3 rings (SSSR count). The zero-order chi connectivity index (χ0) is 16.2. The molecule has 1 aromatic carbocycles. The van der Waals surface area contributed by atoms with Crippen LogP contribution in [0.25, 0.3) is 10.7 Å². The molecule has 23 heavy (non-hydrogen) atoms. The summed E-state index contributed by atoms with van der Waals surface area (Å²) >= 11 is 2.79. The van der Waals surface area contributed by atoms with Crippen molar-refractivity contribution in [2.24, 2.45) is 0 Å². The lowest BCUT2D eigenvalue weighted by Gasteiger charge is -2.06. The summed E-state index contributed by atoms with van der Waals surface area (Å²) in [5.74, 6) is 1.06. The second kappa shape index (κ2) is 6.89. The standard InChI is InChI=1S/C16H15N3O2S2/c1-10-4-3-5-12(8-10)21-9-14(20)17-16-18-15(19-23-16)13-7-6-11(2)22-13/h3-8H,9H2,1-2H3,(H,17,18,19,20). The van der Waals surface area contributed by atoms with Crippen LogP contribution in [-0.4, -0.2) is 21.9 Å². The number of nitrogens with one attached hydrogen (secondary N) is 1. The van der Waals surface area contributed by atoms with Crippen LogP contribution in [0.5, 0.6) is 5.75 Å². The fourth-order valence-electron chi connectivity index (χ4n) is 1.94. The van der Waals surface area contributed by atoms with E-state index in [0.717, 1.165) is 22.0 Å². The molecule has 0 aliphatic carbocycles. The van der Waals surface area contributed by atoms with Gasteiger partial charge in [-0.15, -0.1) is 11.3 Å². The quantitative estimate of drug-likeness (QED) is 0.762. The number of hydrogen-bond donors (Lipinski definition) is 1. The number of nitrogens with zero attached hydrogens (tertiary/aromatic N) is 2. The largest absolute Gasteiger partial charge is 0.484 e. The molecule has 2 aromatic heterocycles. The third kappa shape index (κ3) is 4.14. The van der Waals surface area contributed by atoms with Crippen LogP contribution in [0, 0.1) is 13.8 Å². The Bertz CT molecular complexity index is 826. The third-order valence-corrected chi connectivity index (χ3v) is 4.62. The molecule has 5 nitrogen and oxygen atoms in total. The van der Waals surface area contributed by atoms with E-state index >= 15 is 0 Å². The number of amides is 1. The van der Waals surface area contributed by atoms with Crippen molar-refractivity contribution in [3.8, 4) is 16.5 Å². The first-order valence-corrected chi connectivity index (χ1v) is 8.59. The molecule has 7 heteroatoms. The van der Waals surface area contributed by atoms with E-state index < -0.39 is 0 Å². The molecular formula is C16H15N3O2S2. The van der Waals surface area contributed by atoms with E-state index in [9.17, 15) is 4.79 Å². The number of anilines is 1. The second-order valence-electron chi connectivity index (χ2n) is 4.99. The van der Waals surface area contributed by atoms with Crippen LogP contribution in [0.15, 0.2) is 36.4 Å². The summed E-state index contributed by atoms with van der Waals surface area (Å²) in [6, 6.07) is 11.6. The number of aryl methyl sites for hydroxylation is 2. The lowest BCUT2D eigenvalue weighted by Crippen LogP contribution is -2.20. The molecule has 0 atom stereocenters. The summed E-state index contributed by atoms with van der Waals surface area (Å²) in [7, 11) is 0. The van der Waals surface area contributed by atoms with Gasteiger partial charge in [-0.25, -0.2) is 0 Å². The Morgan fingerprint density at radius 1 is 1.26 bits per heavy atom. The van der Waals surface area contributed by atoms with E-state index in [0.29, 0.717) is 16.7 Å². The number of carbonyl (C=O) groups is 1. The van der Waals surface area contributed by atoms with Crippen molar-refractivity contribution in [2.45, 2.75) is 13.8 Å². The van der Waals surface area contributed by atoms with Crippen molar-refractivity contribution >= 4 is 33.9 Å². The molecule has 0 saturated heterocycles. The van der Waals surface area contributed by atoms with Gasteiger partial charge >= 0.3 is 0 Å². The summed E-state index contributed by atoms with van der Waals surface area (Å²) in [4.78, 5) is 18.5. The fourth-order valence-corrected chi connectivity index (χ4v) is 3.40. The second-order valence-corrected chi connectivity index (χ2v) is 7.03. The molecule has 0 spiro atoms. The van der Waals surface area contributed by atoms with E-state index in [1.807, 2.05) is 50.2 Å². The Hall–Kier alpha value is -2.25. The molecular weight excluding hydrogens is 330 g/mol. The number of hydrogen-bond acceptors (Lipinski definition) is 6. The fraction of sp³-hybridized carbons (Fsp3) is 0.188. The minimum atomic E-state index is -0.253. The number of ether oxygens (including phenoxy) is 1. The number of rotatable bonds is 5. The third-order valence-electron chi connectivity index (χ3n) is 2.99. The van der Waals surface area contributed by atoms with Gasteiger partial charge < -0.3 is 4.74 Å². The molecule has 0 saturated carbocycles. The molecule has 1 amide bonds. The zero-order valence-electron chi connectivity index (χ0n) is 12.7. The SMILES string of the molecule is Cc1cccc(OCC(=O)Nc2nc(-c3ccc(C)s3)ns2)c1. The number of aromatic nitrogens is 2. The maximum Gasteiger partial charge on any atom is 0.264 e. The topological polar surface area (TPSA) is 64.1 Å². The van der Waals surface area contributed by atoms with Gasteiger partial charge in [-0.05, 0) is 43.7 Å². The monoisotopic (exact) mass is 345 g/mol. The van der Waals surface area contributed by atoms with Crippen molar-refractivity contribution in [1.82, 2.24) is 9.36 Å². The van der Waals surface area contributed by atoms with Crippen LogP contribution in [0.2, 0.25) is 0 Å². The highest BCUT2D eigenvalue weighted by Gasteiger charge is 2.11. The molecule has 0 radical (unpaired) electrons. The van der Waals surface area contributed by atoms with Gasteiger partial charge in [-0.3, -0.25) is 10.1 Å². The Balaban J connectivity index is 1.57. The van der Waals surface area contributed by atoms with Crippen molar-refractivity contribution in [3.63, 3.8) is 0 Å². The van der Waals surface area contributed by atoms with Gasteiger partial charge in [0.05, 0.1) is 4.88 Å². The normalized spacial score (nSPS) is 10.5. The smallest absolute Gasteiger partial charge is 0.264 e. The first-order chi connectivity index (χ1) is 11.1. The van der Waals surface area contributed by atoms with Crippen molar-refractivity contribution in [1.29, 1.82) is 0 Å². The minimum Gasteiger partial charge on any atom is -0.484 e. The zero-order valence-corrected chi connectivity index (χ0v) is 14.3. The van der Waals surface area contributed by atoms with E-state index in [-0.39, 0.29) is 12.5 Å². The number of carbonyl (C=O) groups excluding carboxylic acids is 1. The van der Waals surface area contributed by atoms with Crippen LogP contribution >= 0.6 is 22.9 Å². The molecule has 0 fully saturated rings. The maximum atomic E-state index is 11.9. The Morgan fingerprint density at radius 3 is 2.87 bits per heavy atom. The van der Waals surface area contributed by atoms with Crippen LogP contribution in [0.3, 0.4) is 0 Å². The van der Waals surface area contributed by atoms with Crippen molar-refractivity contribution in [3.05, 3.63) is 46.8 Å². The Morgan fingerprint density at radius 2 is 2.13 bits per heavy atom. The lowest BCUT2D eigenvalue weighted by molar-refractivity contribution is -0.118. The average molecular weight is 345 g/mol. The van der Waals surface area contributed by atoms with E-state index in [2.05, 4.69) is 14.7 Å². The van der Waals surface area contributed by atoms with Crippen LogP contribution < -0.4 is 10.1 Å². The first kappa shape index (κ1) is 15.6. The van der Waals surface area contributed by atoms with Gasteiger partial charge in [-0.1, -0.05) is 12.1 Å². The molecule has 118 valence electrons. The Kier molecular flexibility index (Phi) is 4.68. The van der Waals surface area contributed by atoms with Gasteiger partial charge in [0.25, 0.3) is 5.91 Å². The first-order valence-electron chi connectivity index (χ1n) is 7.00. The molecule has 0 aliphatic rings. The summed E-state index contributed by atoms with van der Waals surface area (Å²) in [6.07, 6.45) is 0. The van der Waals surface area contributed by atoms with E-state index in [1.165, 1.54) is 4.88 Å². The van der Waals surface area contributed by atoms with E-state index in [1.54, 1.807) is 11.3 Å². The molecule has 0 bridgehead atoms. The van der Waals surface area contributed by atoms with Crippen molar-refractivity contribution in [2.75, 3.05) is 11.9 Å². The minimum absolute atomic E-state index is 0.0591. The highest BCUT2D eigenvalue weighted by atomic mass is 32.1. The summed E-state index contributed by atoms with van der Waals surface area (Å²) < 4.78 is 9.73. The molecule has 2 heterocycles. The summed E-state index contributed by atoms with van der Waals surface area (Å²) in [5, 5.41) is 3.19. The van der Waals surface area contributed by atoms with Crippen LogP contribution in [-0.2, 0) is 4.79 Å². The predicted octanol–water partition coefficient (Wildman–Crippen LogP) is 3.90. The Labute approximate surface area is 142 Å². The number of benzene rings is 1. The van der Waals surface area contributed by atoms with Crippen LogP contribution in [0.1, 0.15) is 10.4 Å². The van der Waals surface area contributed by atoms with Gasteiger partial charge in [0, 0.05) is 16.4 Å². The highest BCUT2D eigenvalue weighted by molar-refractivity contribution is 7.15. The average Bonchev–Trinajstić information content (AvgIpc) is 3.14. The lowest BCUT2D eigenvalue weighted by atomic mass is 10.2. The predicted molar refractivity (Wildman–Crippen MR) is 93.3 cm³/mol. The van der Waals surface area contributed by atoms with Gasteiger partial charge in [0.15, 0.2) is 12.4 Å². The number of thiophene rings is 1. The molecule has 3 aromatic rings. The highest BCUT2D eigenvalue weighted by Crippen LogP contribution is 2.27. The molecule has 1 N–H and O–H groups in total. The van der Waals surface area contributed by atoms with Crippen LogP contribution in [0.4, 0.5) is 5.13 Å². The van der Waals surface area contributed by atoms with E-state index in [4.69, 9.17) is 4.74 Å².